The second-order valence-corrected chi connectivity index (χ2v) is 5.89. The lowest BCUT2D eigenvalue weighted by molar-refractivity contribution is -0.340. The highest BCUT2D eigenvalue weighted by Crippen LogP contribution is 2.23. The Morgan fingerprint density at radius 3 is 2.45 bits per heavy atom. The number of hydrogen-bond donors (Lipinski definition) is 1. The van der Waals surface area contributed by atoms with Crippen molar-refractivity contribution >= 4 is 6.09 Å². The first-order chi connectivity index (χ1) is 8.96. The summed E-state index contributed by atoms with van der Waals surface area (Å²) in [6.45, 7) is 5.64. The van der Waals surface area contributed by atoms with Crippen LogP contribution in [0.1, 0.15) is 27.2 Å². The minimum Gasteiger partial charge on any atom is -0.444 e. The van der Waals surface area contributed by atoms with Gasteiger partial charge in [0.2, 0.25) is 0 Å². The molecule has 1 N–H and O–H groups in total. The van der Waals surface area contributed by atoms with E-state index in [2.05, 4.69) is 10.1 Å². The summed E-state index contributed by atoms with van der Waals surface area (Å²) in [6.07, 6.45) is -5.84. The SMILES string of the molecule is CN(C[C@@H]1C[C@@H](OC(F)(F)F)CN1)C(=O)OC(C)(C)C. The zero-order valence-corrected chi connectivity index (χ0v) is 12.1. The van der Waals surface area contributed by atoms with E-state index in [1.165, 1.54) is 4.90 Å². The van der Waals surface area contributed by atoms with Gasteiger partial charge in [0.15, 0.2) is 0 Å². The molecule has 0 unspecified atom stereocenters. The van der Waals surface area contributed by atoms with Gasteiger partial charge in [-0.3, -0.25) is 4.74 Å². The molecule has 1 fully saturated rings. The summed E-state index contributed by atoms with van der Waals surface area (Å²) >= 11 is 0. The summed E-state index contributed by atoms with van der Waals surface area (Å²) in [5.74, 6) is 0. The van der Waals surface area contributed by atoms with E-state index in [1.807, 2.05) is 0 Å². The van der Waals surface area contributed by atoms with E-state index >= 15 is 0 Å². The van der Waals surface area contributed by atoms with E-state index in [0.29, 0.717) is 0 Å². The Morgan fingerprint density at radius 1 is 1.35 bits per heavy atom. The van der Waals surface area contributed by atoms with Crippen LogP contribution in [-0.2, 0) is 9.47 Å². The van der Waals surface area contributed by atoms with Crippen molar-refractivity contribution in [3.63, 3.8) is 0 Å². The number of carbonyl (C=O) groups is 1. The number of nitrogens with zero attached hydrogens (tertiary/aromatic N) is 1. The summed E-state index contributed by atoms with van der Waals surface area (Å²) in [4.78, 5) is 13.1. The minimum atomic E-state index is -4.63. The molecule has 1 saturated heterocycles. The summed E-state index contributed by atoms with van der Waals surface area (Å²) in [5, 5.41) is 2.90. The fraction of sp³-hybridized carbons (Fsp3) is 0.917. The van der Waals surface area contributed by atoms with Gasteiger partial charge < -0.3 is 15.0 Å². The maximum Gasteiger partial charge on any atom is 0.522 e. The van der Waals surface area contributed by atoms with Gasteiger partial charge in [-0.1, -0.05) is 0 Å². The molecule has 1 rings (SSSR count). The van der Waals surface area contributed by atoms with Crippen molar-refractivity contribution in [1.29, 1.82) is 0 Å². The summed E-state index contributed by atoms with van der Waals surface area (Å²) < 4.78 is 45.3. The van der Waals surface area contributed by atoms with Crippen LogP contribution in [0.3, 0.4) is 0 Å². The Balaban J connectivity index is 2.37. The first kappa shape index (κ1) is 17.0. The monoisotopic (exact) mass is 298 g/mol. The normalized spacial score (nSPS) is 23.8. The largest absolute Gasteiger partial charge is 0.522 e. The van der Waals surface area contributed by atoms with Gasteiger partial charge in [-0.2, -0.15) is 0 Å². The van der Waals surface area contributed by atoms with E-state index in [1.54, 1.807) is 27.8 Å². The second kappa shape index (κ2) is 6.17. The zero-order valence-electron chi connectivity index (χ0n) is 12.1. The van der Waals surface area contributed by atoms with Crippen LogP contribution in [0.5, 0.6) is 0 Å². The number of likely N-dealkylation sites (N-methyl/N-ethyl adjacent to an activating group) is 1. The van der Waals surface area contributed by atoms with Crippen LogP contribution in [0.15, 0.2) is 0 Å². The van der Waals surface area contributed by atoms with Crippen molar-refractivity contribution in [2.75, 3.05) is 20.1 Å². The highest BCUT2D eigenvalue weighted by Gasteiger charge is 2.37. The average Bonchev–Trinajstić information content (AvgIpc) is 2.59. The van der Waals surface area contributed by atoms with Crippen LogP contribution in [0, 0.1) is 0 Å². The first-order valence-electron chi connectivity index (χ1n) is 6.38. The lowest BCUT2D eigenvalue weighted by atomic mass is 10.2. The number of hydrogen-bond acceptors (Lipinski definition) is 4. The maximum absolute atomic E-state index is 12.1. The van der Waals surface area contributed by atoms with Crippen molar-refractivity contribution in [3.05, 3.63) is 0 Å². The van der Waals surface area contributed by atoms with Gasteiger partial charge in [-0.05, 0) is 27.2 Å². The Bertz CT molecular complexity index is 342. The molecule has 1 heterocycles. The smallest absolute Gasteiger partial charge is 0.444 e. The topological polar surface area (TPSA) is 50.8 Å². The van der Waals surface area contributed by atoms with E-state index in [9.17, 15) is 18.0 Å². The van der Waals surface area contributed by atoms with Crippen LogP contribution in [0.25, 0.3) is 0 Å². The molecule has 0 aromatic carbocycles. The van der Waals surface area contributed by atoms with Crippen molar-refractivity contribution in [2.45, 2.75) is 51.3 Å². The van der Waals surface area contributed by atoms with E-state index in [0.717, 1.165) is 0 Å². The third-order valence-electron chi connectivity index (χ3n) is 2.68. The Hall–Kier alpha value is -1.02. The number of alkyl halides is 3. The molecule has 1 aliphatic heterocycles. The molecule has 20 heavy (non-hydrogen) atoms. The lowest BCUT2D eigenvalue weighted by Gasteiger charge is -2.26. The Morgan fingerprint density at radius 2 is 1.95 bits per heavy atom. The summed E-state index contributed by atoms with van der Waals surface area (Å²) in [5.41, 5.74) is -0.601. The van der Waals surface area contributed by atoms with Crippen molar-refractivity contribution in [2.24, 2.45) is 0 Å². The van der Waals surface area contributed by atoms with Gasteiger partial charge in [0, 0.05) is 26.2 Å². The third-order valence-corrected chi connectivity index (χ3v) is 2.68. The number of amides is 1. The number of halogens is 3. The molecule has 118 valence electrons. The van der Waals surface area contributed by atoms with Crippen LogP contribution >= 0.6 is 0 Å². The molecule has 2 atom stereocenters. The first-order valence-corrected chi connectivity index (χ1v) is 6.38. The maximum atomic E-state index is 12.1. The molecular weight excluding hydrogens is 277 g/mol. The summed E-state index contributed by atoms with van der Waals surface area (Å²) in [6, 6.07) is -0.236. The molecule has 1 amide bonds. The van der Waals surface area contributed by atoms with Crippen LogP contribution in [0.4, 0.5) is 18.0 Å². The summed E-state index contributed by atoms with van der Waals surface area (Å²) in [7, 11) is 1.55. The predicted octanol–water partition coefficient (Wildman–Crippen LogP) is 2.12. The standard InChI is InChI=1S/C12H21F3N2O3/c1-11(2,3)20-10(18)17(4)7-8-5-9(6-16-8)19-12(13,14)15/h8-9,16H,5-7H2,1-4H3/t8-,9+/m0/s1. The number of rotatable bonds is 3. The molecule has 0 spiro atoms. The fourth-order valence-electron chi connectivity index (χ4n) is 1.94. The zero-order chi connectivity index (χ0) is 15.6. The third kappa shape index (κ3) is 6.42. The molecule has 1 aliphatic rings. The molecule has 0 aromatic rings. The predicted molar refractivity (Wildman–Crippen MR) is 66.2 cm³/mol. The molecular formula is C12H21F3N2O3. The van der Waals surface area contributed by atoms with Gasteiger partial charge in [-0.15, -0.1) is 13.2 Å². The second-order valence-electron chi connectivity index (χ2n) is 5.89. The molecule has 5 nitrogen and oxygen atoms in total. The van der Waals surface area contributed by atoms with E-state index in [4.69, 9.17) is 4.74 Å². The van der Waals surface area contributed by atoms with Crippen LogP contribution < -0.4 is 5.32 Å². The number of nitrogens with one attached hydrogen (secondary N) is 1. The van der Waals surface area contributed by atoms with E-state index < -0.39 is 24.2 Å². The molecule has 0 aliphatic carbocycles. The minimum absolute atomic E-state index is 0.117. The average molecular weight is 298 g/mol. The van der Waals surface area contributed by atoms with Gasteiger partial charge in [0.25, 0.3) is 0 Å². The molecule has 8 heteroatoms. The molecule has 0 aromatic heterocycles. The van der Waals surface area contributed by atoms with Crippen LogP contribution in [-0.4, -0.2) is 55.2 Å². The quantitative estimate of drug-likeness (QED) is 0.867. The van der Waals surface area contributed by atoms with Gasteiger partial charge >= 0.3 is 12.5 Å². The Labute approximate surface area is 116 Å². The highest BCUT2D eigenvalue weighted by atomic mass is 19.4. The molecule has 0 saturated carbocycles. The number of carbonyl (C=O) groups excluding carboxylic acids is 1. The lowest BCUT2D eigenvalue weighted by Crippen LogP contribution is -2.41. The van der Waals surface area contributed by atoms with Crippen molar-refractivity contribution < 1.29 is 27.4 Å². The van der Waals surface area contributed by atoms with Crippen LogP contribution in [0.2, 0.25) is 0 Å². The number of ether oxygens (including phenoxy) is 2. The van der Waals surface area contributed by atoms with E-state index in [-0.39, 0.29) is 25.6 Å². The van der Waals surface area contributed by atoms with Gasteiger partial charge in [-0.25, -0.2) is 4.79 Å². The highest BCUT2D eigenvalue weighted by molar-refractivity contribution is 5.67. The molecule has 0 bridgehead atoms. The van der Waals surface area contributed by atoms with Gasteiger partial charge in [0.1, 0.15) is 5.60 Å². The fourth-order valence-corrected chi connectivity index (χ4v) is 1.94. The molecule has 0 radical (unpaired) electrons. The Kier molecular flexibility index (Phi) is 5.26. The van der Waals surface area contributed by atoms with Gasteiger partial charge in [0.05, 0.1) is 6.10 Å². The van der Waals surface area contributed by atoms with Crippen molar-refractivity contribution in [3.8, 4) is 0 Å². The van der Waals surface area contributed by atoms with Crippen molar-refractivity contribution in [1.82, 2.24) is 10.2 Å².